The zero-order valence-corrected chi connectivity index (χ0v) is 14.1. The molecule has 8 heteroatoms. The molecule has 0 aliphatic carbocycles. The van der Waals surface area contributed by atoms with Crippen molar-refractivity contribution in [2.75, 3.05) is 12.8 Å². The van der Waals surface area contributed by atoms with E-state index in [1.165, 1.54) is 22.5 Å². The van der Waals surface area contributed by atoms with Crippen LogP contribution in [-0.4, -0.2) is 46.1 Å². The average molecular weight is 345 g/mol. The van der Waals surface area contributed by atoms with Crippen molar-refractivity contribution >= 4 is 20.1 Å². The van der Waals surface area contributed by atoms with E-state index in [-0.39, 0.29) is 11.4 Å². The van der Waals surface area contributed by atoms with E-state index < -0.39 is 32.3 Å². The lowest BCUT2D eigenvalue weighted by Gasteiger charge is -2.24. The van der Waals surface area contributed by atoms with Crippen molar-refractivity contribution in [3.63, 3.8) is 0 Å². The second-order valence-corrected chi connectivity index (χ2v) is 8.77. The first kappa shape index (κ1) is 17.1. The molecule has 1 fully saturated rings. The lowest BCUT2D eigenvalue weighted by atomic mass is 10.2. The Morgan fingerprint density at radius 2 is 1.82 bits per heavy atom. The number of nitrogens with zero attached hydrogens (tertiary/aromatic N) is 1. The molecule has 0 N–H and O–H groups in total. The van der Waals surface area contributed by atoms with Gasteiger partial charge >= 0.3 is 0 Å². The summed E-state index contributed by atoms with van der Waals surface area (Å²) in [4.78, 5) is 0.171. The van der Waals surface area contributed by atoms with Crippen LogP contribution in [0.2, 0.25) is 0 Å². The number of hydrogen-bond acceptors (Lipinski definition) is 5. The first-order valence-electron chi connectivity index (χ1n) is 6.74. The molecular formula is C14H19NO5S2. The van der Waals surface area contributed by atoms with Gasteiger partial charge in [-0.25, -0.2) is 8.42 Å². The molecule has 1 aliphatic heterocycles. The van der Waals surface area contributed by atoms with Gasteiger partial charge in [0.2, 0.25) is 10.0 Å². The molecule has 1 aromatic rings. The summed E-state index contributed by atoms with van der Waals surface area (Å²) in [5.41, 5.74) is 0.957. The minimum absolute atomic E-state index is 0.171. The molecular weight excluding hydrogens is 326 g/mol. The molecule has 1 aliphatic rings. The SMILES string of the molecule is C=C[C@H]1[C@H](OS(C)(=O)=O)CCN1S(=O)(=O)c1ccc(C)cc1. The van der Waals surface area contributed by atoms with Crippen molar-refractivity contribution in [2.24, 2.45) is 0 Å². The van der Waals surface area contributed by atoms with Crippen LogP contribution in [0.4, 0.5) is 0 Å². The first-order valence-corrected chi connectivity index (χ1v) is 10.00. The molecule has 122 valence electrons. The summed E-state index contributed by atoms with van der Waals surface area (Å²) >= 11 is 0. The highest BCUT2D eigenvalue weighted by molar-refractivity contribution is 7.89. The van der Waals surface area contributed by atoms with Crippen LogP contribution in [0.25, 0.3) is 0 Å². The lowest BCUT2D eigenvalue weighted by Crippen LogP contribution is -2.39. The molecule has 2 atom stereocenters. The summed E-state index contributed by atoms with van der Waals surface area (Å²) in [5, 5.41) is 0. The first-order chi connectivity index (χ1) is 10.1. The summed E-state index contributed by atoms with van der Waals surface area (Å²) in [5.74, 6) is 0. The fraction of sp³-hybridized carbons (Fsp3) is 0.429. The van der Waals surface area contributed by atoms with Gasteiger partial charge in [0.25, 0.3) is 10.1 Å². The highest BCUT2D eigenvalue weighted by Gasteiger charge is 2.42. The molecule has 0 bridgehead atoms. The Labute approximate surface area is 131 Å². The Balaban J connectivity index is 2.32. The Kier molecular flexibility index (Phi) is 4.76. The van der Waals surface area contributed by atoms with Crippen molar-refractivity contribution in [3.8, 4) is 0 Å². The van der Waals surface area contributed by atoms with Gasteiger partial charge in [-0.2, -0.15) is 12.7 Å². The third kappa shape index (κ3) is 3.57. The van der Waals surface area contributed by atoms with Gasteiger partial charge in [0.1, 0.15) is 0 Å². The number of hydrogen-bond donors (Lipinski definition) is 0. The number of aryl methyl sites for hydroxylation is 1. The van der Waals surface area contributed by atoms with Crippen LogP contribution in [-0.2, 0) is 24.3 Å². The van der Waals surface area contributed by atoms with Gasteiger partial charge in [-0.05, 0) is 25.5 Å². The van der Waals surface area contributed by atoms with Crippen molar-refractivity contribution in [1.82, 2.24) is 4.31 Å². The highest BCUT2D eigenvalue weighted by atomic mass is 32.2. The van der Waals surface area contributed by atoms with E-state index in [4.69, 9.17) is 4.18 Å². The molecule has 0 aromatic heterocycles. The number of sulfonamides is 1. The molecule has 22 heavy (non-hydrogen) atoms. The molecule has 1 aromatic carbocycles. The minimum Gasteiger partial charge on any atom is -0.265 e. The predicted octanol–water partition coefficient (Wildman–Crippen LogP) is 1.29. The highest BCUT2D eigenvalue weighted by Crippen LogP contribution is 2.29. The van der Waals surface area contributed by atoms with Crippen LogP contribution in [0.5, 0.6) is 0 Å². The van der Waals surface area contributed by atoms with E-state index in [0.717, 1.165) is 11.8 Å². The van der Waals surface area contributed by atoms with Crippen molar-refractivity contribution in [2.45, 2.75) is 30.4 Å². The van der Waals surface area contributed by atoms with Crippen molar-refractivity contribution in [3.05, 3.63) is 42.5 Å². The molecule has 0 spiro atoms. The largest absolute Gasteiger partial charge is 0.265 e. The van der Waals surface area contributed by atoms with E-state index in [1.54, 1.807) is 12.1 Å². The summed E-state index contributed by atoms with van der Waals surface area (Å²) in [6, 6.07) is 5.80. The molecule has 0 saturated carbocycles. The van der Waals surface area contributed by atoms with Gasteiger partial charge in [-0.15, -0.1) is 6.58 Å². The summed E-state index contributed by atoms with van der Waals surface area (Å²) in [6.07, 6.45) is 1.92. The van der Waals surface area contributed by atoms with Crippen LogP contribution in [0, 0.1) is 6.92 Å². The predicted molar refractivity (Wildman–Crippen MR) is 83.4 cm³/mol. The monoisotopic (exact) mass is 345 g/mol. The van der Waals surface area contributed by atoms with Gasteiger partial charge in [-0.1, -0.05) is 23.8 Å². The maximum Gasteiger partial charge on any atom is 0.264 e. The zero-order chi connectivity index (χ0) is 16.5. The molecule has 1 heterocycles. The van der Waals surface area contributed by atoms with Crippen LogP contribution < -0.4 is 0 Å². The summed E-state index contributed by atoms with van der Waals surface area (Å²) in [7, 11) is -7.38. The quantitative estimate of drug-likeness (QED) is 0.593. The topological polar surface area (TPSA) is 80.8 Å². The summed E-state index contributed by atoms with van der Waals surface area (Å²) < 4.78 is 54.2. The zero-order valence-electron chi connectivity index (χ0n) is 12.5. The maximum absolute atomic E-state index is 12.7. The van der Waals surface area contributed by atoms with Crippen LogP contribution in [0.15, 0.2) is 41.8 Å². The van der Waals surface area contributed by atoms with E-state index in [9.17, 15) is 16.8 Å². The van der Waals surface area contributed by atoms with E-state index in [2.05, 4.69) is 6.58 Å². The molecule has 6 nitrogen and oxygen atoms in total. The Hall–Kier alpha value is -1.22. The van der Waals surface area contributed by atoms with Crippen molar-refractivity contribution in [1.29, 1.82) is 0 Å². The fourth-order valence-electron chi connectivity index (χ4n) is 2.48. The van der Waals surface area contributed by atoms with Gasteiger partial charge < -0.3 is 0 Å². The van der Waals surface area contributed by atoms with E-state index in [0.29, 0.717) is 6.42 Å². The Morgan fingerprint density at radius 3 is 2.32 bits per heavy atom. The number of rotatable bonds is 5. The maximum atomic E-state index is 12.7. The molecule has 0 amide bonds. The lowest BCUT2D eigenvalue weighted by molar-refractivity contribution is 0.197. The molecule has 0 unspecified atom stereocenters. The van der Waals surface area contributed by atoms with Crippen LogP contribution in [0.3, 0.4) is 0 Å². The summed E-state index contributed by atoms with van der Waals surface area (Å²) in [6.45, 7) is 5.67. The van der Waals surface area contributed by atoms with E-state index >= 15 is 0 Å². The van der Waals surface area contributed by atoms with Gasteiger partial charge in [-0.3, -0.25) is 4.18 Å². The fourth-order valence-corrected chi connectivity index (χ4v) is 4.78. The number of benzene rings is 1. The molecule has 0 radical (unpaired) electrons. The average Bonchev–Trinajstić information content (AvgIpc) is 2.80. The third-order valence-electron chi connectivity index (χ3n) is 3.51. The second-order valence-electron chi connectivity index (χ2n) is 5.28. The van der Waals surface area contributed by atoms with E-state index in [1.807, 2.05) is 6.92 Å². The minimum atomic E-state index is -3.72. The van der Waals surface area contributed by atoms with Gasteiger partial charge in [0.15, 0.2) is 0 Å². The normalized spacial score (nSPS) is 23.5. The van der Waals surface area contributed by atoms with Crippen LogP contribution in [0.1, 0.15) is 12.0 Å². The standard InChI is InChI=1S/C14H19NO5S2/c1-4-13-14(20-21(3,16)17)9-10-15(13)22(18,19)12-7-5-11(2)6-8-12/h4-8,13-14H,1,9-10H2,2-3H3/t13-,14+/m0/s1. The Morgan fingerprint density at radius 1 is 1.23 bits per heavy atom. The van der Waals surface area contributed by atoms with Crippen molar-refractivity contribution < 1.29 is 21.0 Å². The molecule has 2 rings (SSSR count). The van der Waals surface area contributed by atoms with Gasteiger partial charge in [0, 0.05) is 6.54 Å². The smallest absolute Gasteiger partial charge is 0.264 e. The molecule has 1 saturated heterocycles. The second kappa shape index (κ2) is 6.11. The Bertz CT molecular complexity index is 753. The van der Waals surface area contributed by atoms with Gasteiger partial charge in [0.05, 0.1) is 23.3 Å². The van der Waals surface area contributed by atoms with Crippen LogP contribution >= 0.6 is 0 Å². The third-order valence-corrected chi connectivity index (χ3v) is 6.02.